The maximum Gasteiger partial charge on any atom is 0.166 e. The third-order valence-electron chi connectivity index (χ3n) is 3.07. The van der Waals surface area contributed by atoms with Crippen molar-refractivity contribution in [3.05, 3.63) is 42.7 Å². The Kier molecular flexibility index (Phi) is 3.64. The Balaban J connectivity index is 1.67. The van der Waals surface area contributed by atoms with Gasteiger partial charge in [0.15, 0.2) is 6.10 Å². The second kappa shape index (κ2) is 5.75. The number of nitrogens with two attached hydrogens (primary N) is 1. The Labute approximate surface area is 116 Å². The van der Waals surface area contributed by atoms with Crippen LogP contribution in [0.1, 0.15) is 6.42 Å². The van der Waals surface area contributed by atoms with E-state index >= 15 is 0 Å². The maximum absolute atomic E-state index is 5.84. The molecule has 0 spiro atoms. The molecule has 0 fully saturated rings. The van der Waals surface area contributed by atoms with Crippen LogP contribution in [0.5, 0.6) is 5.75 Å². The summed E-state index contributed by atoms with van der Waals surface area (Å²) in [5, 5.41) is 8.13. The minimum absolute atomic E-state index is 0.0702. The molecule has 3 rings (SSSR count). The normalized spacial score (nSPS) is 17.6. The number of hydrogen-bond donors (Lipinski definition) is 1. The molecule has 2 N–H and O–H groups in total. The summed E-state index contributed by atoms with van der Waals surface area (Å²) in [6, 6.07) is 9.62. The summed E-state index contributed by atoms with van der Waals surface area (Å²) < 4.78 is 7.61. The van der Waals surface area contributed by atoms with Crippen molar-refractivity contribution in [1.82, 2.24) is 9.78 Å². The fourth-order valence-electron chi connectivity index (χ4n) is 2.06. The van der Waals surface area contributed by atoms with Crippen molar-refractivity contribution in [2.45, 2.75) is 12.5 Å². The van der Waals surface area contributed by atoms with Gasteiger partial charge in [-0.25, -0.2) is 4.68 Å². The van der Waals surface area contributed by atoms with Gasteiger partial charge in [-0.15, -0.1) is 0 Å². The third-order valence-corrected chi connectivity index (χ3v) is 3.07. The van der Waals surface area contributed by atoms with Crippen molar-refractivity contribution in [2.24, 2.45) is 10.9 Å². The number of oxime groups is 1. The lowest BCUT2D eigenvalue weighted by molar-refractivity contribution is 0.0470. The first-order chi connectivity index (χ1) is 9.86. The van der Waals surface area contributed by atoms with Gasteiger partial charge >= 0.3 is 0 Å². The summed E-state index contributed by atoms with van der Waals surface area (Å²) in [7, 11) is 0. The van der Waals surface area contributed by atoms with Gasteiger partial charge in [0.05, 0.1) is 5.71 Å². The molecular weight excluding hydrogens is 256 g/mol. The van der Waals surface area contributed by atoms with Crippen LogP contribution in [-0.2, 0) is 4.84 Å². The summed E-state index contributed by atoms with van der Waals surface area (Å²) in [4.78, 5) is 5.27. The number of ether oxygens (including phenoxy) is 1. The average Bonchev–Trinajstić information content (AvgIpc) is 3.17. The van der Waals surface area contributed by atoms with E-state index in [1.807, 2.05) is 36.5 Å². The maximum atomic E-state index is 5.84. The monoisotopic (exact) mass is 272 g/mol. The number of hydrogen-bond acceptors (Lipinski definition) is 5. The summed E-state index contributed by atoms with van der Waals surface area (Å²) >= 11 is 0. The van der Waals surface area contributed by atoms with Crippen molar-refractivity contribution in [1.29, 1.82) is 0 Å². The molecule has 0 aliphatic carbocycles. The summed E-state index contributed by atoms with van der Waals surface area (Å²) in [6.07, 6.45) is 4.27. The van der Waals surface area contributed by atoms with E-state index in [4.69, 9.17) is 15.3 Å². The average molecular weight is 272 g/mol. The van der Waals surface area contributed by atoms with Gasteiger partial charge in [0, 0.05) is 25.4 Å². The van der Waals surface area contributed by atoms with Crippen LogP contribution < -0.4 is 10.5 Å². The summed E-state index contributed by atoms with van der Waals surface area (Å²) in [5.74, 6) is 0.765. The molecule has 0 saturated heterocycles. The zero-order chi connectivity index (χ0) is 13.8. The van der Waals surface area contributed by atoms with E-state index in [1.54, 1.807) is 10.9 Å². The Hall–Kier alpha value is -2.34. The molecule has 104 valence electrons. The largest absolute Gasteiger partial charge is 0.487 e. The lowest BCUT2D eigenvalue weighted by Gasteiger charge is -2.13. The predicted octanol–water partition coefficient (Wildman–Crippen LogP) is 1.35. The Morgan fingerprint density at radius 1 is 1.35 bits per heavy atom. The van der Waals surface area contributed by atoms with Gasteiger partial charge in [-0.2, -0.15) is 5.10 Å². The molecule has 1 aromatic heterocycles. The van der Waals surface area contributed by atoms with Crippen LogP contribution >= 0.6 is 0 Å². The minimum Gasteiger partial charge on any atom is -0.487 e. The molecule has 0 bridgehead atoms. The topological polar surface area (TPSA) is 74.7 Å². The van der Waals surface area contributed by atoms with Crippen molar-refractivity contribution >= 4 is 5.71 Å². The van der Waals surface area contributed by atoms with E-state index in [9.17, 15) is 0 Å². The fraction of sp³-hybridized carbons (Fsp3) is 0.286. The first-order valence-electron chi connectivity index (χ1n) is 6.50. The van der Waals surface area contributed by atoms with E-state index in [0.29, 0.717) is 13.2 Å². The van der Waals surface area contributed by atoms with Crippen LogP contribution in [0.3, 0.4) is 0 Å². The van der Waals surface area contributed by atoms with Gasteiger partial charge in [-0.3, -0.25) is 0 Å². The highest BCUT2D eigenvalue weighted by atomic mass is 16.7. The van der Waals surface area contributed by atoms with Crippen LogP contribution in [0.15, 0.2) is 47.9 Å². The van der Waals surface area contributed by atoms with Gasteiger partial charge in [0.25, 0.3) is 0 Å². The highest BCUT2D eigenvalue weighted by molar-refractivity contribution is 5.87. The summed E-state index contributed by atoms with van der Waals surface area (Å²) in [6.45, 7) is 0.867. The quantitative estimate of drug-likeness (QED) is 0.891. The number of rotatable bonds is 5. The third kappa shape index (κ3) is 2.65. The smallest absolute Gasteiger partial charge is 0.166 e. The number of aromatic nitrogens is 2. The molecule has 6 heteroatoms. The predicted molar refractivity (Wildman–Crippen MR) is 75.0 cm³/mol. The molecule has 1 aliphatic rings. The first kappa shape index (κ1) is 12.7. The van der Waals surface area contributed by atoms with Crippen LogP contribution in [0.4, 0.5) is 0 Å². The molecule has 6 nitrogen and oxygen atoms in total. The Bertz CT molecular complexity index is 595. The second-order valence-electron chi connectivity index (χ2n) is 4.52. The molecule has 1 atom stereocenters. The molecule has 2 aromatic rings. The van der Waals surface area contributed by atoms with Crippen molar-refractivity contribution in [2.75, 3.05) is 13.2 Å². The van der Waals surface area contributed by atoms with E-state index in [0.717, 1.165) is 23.6 Å². The highest BCUT2D eigenvalue weighted by Crippen LogP contribution is 2.22. The standard InChI is InChI=1S/C14H16N4O2/c15-9-11-8-12(20-17-11)10-19-14-5-2-1-4-13(14)18-7-3-6-16-18/h1-7,12H,8-10,15H2. The molecule has 1 aromatic carbocycles. The second-order valence-corrected chi connectivity index (χ2v) is 4.52. The first-order valence-corrected chi connectivity index (χ1v) is 6.50. The van der Waals surface area contributed by atoms with Gasteiger partial charge in [-0.1, -0.05) is 17.3 Å². The van der Waals surface area contributed by atoms with Crippen LogP contribution in [-0.4, -0.2) is 34.7 Å². The zero-order valence-corrected chi connectivity index (χ0v) is 11.0. The van der Waals surface area contributed by atoms with Gasteiger partial charge in [-0.05, 0) is 18.2 Å². The van der Waals surface area contributed by atoms with E-state index in [-0.39, 0.29) is 6.10 Å². The molecule has 20 heavy (non-hydrogen) atoms. The molecular formula is C14H16N4O2. The zero-order valence-electron chi connectivity index (χ0n) is 11.0. The minimum atomic E-state index is -0.0702. The molecule has 1 aliphatic heterocycles. The molecule has 0 amide bonds. The fourth-order valence-corrected chi connectivity index (χ4v) is 2.06. The number of nitrogens with zero attached hydrogens (tertiary/aromatic N) is 3. The molecule has 0 saturated carbocycles. The van der Waals surface area contributed by atoms with Gasteiger partial charge < -0.3 is 15.3 Å². The van der Waals surface area contributed by atoms with E-state index < -0.39 is 0 Å². The highest BCUT2D eigenvalue weighted by Gasteiger charge is 2.21. The van der Waals surface area contributed by atoms with E-state index in [1.165, 1.54) is 0 Å². The Morgan fingerprint density at radius 2 is 2.25 bits per heavy atom. The lowest BCUT2D eigenvalue weighted by Crippen LogP contribution is -2.21. The van der Waals surface area contributed by atoms with Gasteiger partial charge in [0.1, 0.15) is 18.0 Å². The lowest BCUT2D eigenvalue weighted by atomic mass is 10.2. The summed E-state index contributed by atoms with van der Waals surface area (Å²) in [5.41, 5.74) is 7.30. The Morgan fingerprint density at radius 3 is 3.00 bits per heavy atom. The molecule has 1 unspecified atom stereocenters. The number of para-hydroxylation sites is 2. The van der Waals surface area contributed by atoms with Crippen LogP contribution in [0, 0.1) is 0 Å². The molecule has 0 radical (unpaired) electrons. The van der Waals surface area contributed by atoms with Crippen LogP contribution in [0.25, 0.3) is 5.69 Å². The van der Waals surface area contributed by atoms with E-state index in [2.05, 4.69) is 10.3 Å². The van der Waals surface area contributed by atoms with Crippen molar-refractivity contribution in [3.63, 3.8) is 0 Å². The van der Waals surface area contributed by atoms with Crippen molar-refractivity contribution < 1.29 is 9.57 Å². The number of benzene rings is 1. The van der Waals surface area contributed by atoms with Crippen molar-refractivity contribution in [3.8, 4) is 11.4 Å². The van der Waals surface area contributed by atoms with Crippen LogP contribution in [0.2, 0.25) is 0 Å². The SMILES string of the molecule is NCC1=NOC(COc2ccccc2-n2cccn2)C1. The molecule has 2 heterocycles. The van der Waals surface area contributed by atoms with Gasteiger partial charge in [0.2, 0.25) is 0 Å².